The molecule has 2 fully saturated rings. The zero-order valence-corrected chi connectivity index (χ0v) is 24.9. The molecule has 0 heterocycles. The first-order valence-corrected chi connectivity index (χ1v) is 9.68. The van der Waals surface area contributed by atoms with Crippen LogP contribution >= 0.6 is 0 Å². The minimum Gasteiger partial charge on any atom is -0.177 e. The van der Waals surface area contributed by atoms with Gasteiger partial charge in [-0.05, 0) is 43.4 Å². The molecule has 0 spiro atoms. The van der Waals surface area contributed by atoms with Gasteiger partial charge in [-0.2, -0.15) is 34.9 Å². The van der Waals surface area contributed by atoms with E-state index in [1.807, 2.05) is 0 Å². The molecule has 0 amide bonds. The smallest absolute Gasteiger partial charge is 0 e. The molecular weight excluding hydrogens is 531 g/mol. The van der Waals surface area contributed by atoms with Crippen molar-refractivity contribution in [2.75, 3.05) is 0 Å². The van der Waals surface area contributed by atoms with Crippen LogP contribution < -0.4 is 0 Å². The topological polar surface area (TPSA) is 0 Å². The quantitative estimate of drug-likeness (QED) is 0.371. The summed E-state index contributed by atoms with van der Waals surface area (Å²) in [5.74, 6) is 3.06. The maximum Gasteiger partial charge on any atom is 0 e. The minimum atomic E-state index is 0. The summed E-state index contributed by atoms with van der Waals surface area (Å²) in [4.78, 5) is 0. The number of hydrogen-bond acceptors (Lipinski definition) is 0. The SMILES string of the molecule is Cc1[c-]c(C)cc(CC2CCC(CC3CCCCC3)CC2)c1.[Y].[Y].[Y]. The van der Waals surface area contributed by atoms with Crippen LogP contribution in [0.5, 0.6) is 0 Å². The maximum absolute atomic E-state index is 3.40. The van der Waals surface area contributed by atoms with Crippen molar-refractivity contribution in [2.24, 2.45) is 17.8 Å². The van der Waals surface area contributed by atoms with Gasteiger partial charge in [-0.25, -0.2) is 0 Å². The molecule has 2 aliphatic carbocycles. The van der Waals surface area contributed by atoms with E-state index in [0.717, 1.165) is 17.8 Å². The third-order valence-corrected chi connectivity index (χ3v) is 6.08. The summed E-state index contributed by atoms with van der Waals surface area (Å²) in [7, 11) is 0. The summed E-state index contributed by atoms with van der Waals surface area (Å²) in [6, 6.07) is 8.10. The number of benzene rings is 1. The molecule has 0 aliphatic heterocycles. The van der Waals surface area contributed by atoms with E-state index in [0.29, 0.717) is 0 Å². The molecule has 3 radical (unpaired) electrons. The van der Waals surface area contributed by atoms with E-state index in [1.165, 1.54) is 75.3 Å². The Balaban J connectivity index is 0.00000192. The van der Waals surface area contributed by atoms with Crippen LogP contribution in [0.25, 0.3) is 0 Å². The van der Waals surface area contributed by atoms with Gasteiger partial charge in [0.05, 0.1) is 0 Å². The molecule has 0 aromatic heterocycles. The first-order valence-electron chi connectivity index (χ1n) is 9.68. The molecule has 0 nitrogen and oxygen atoms in total. The Kier molecular flexibility index (Phi) is 16.0. The van der Waals surface area contributed by atoms with Crippen LogP contribution in [0.3, 0.4) is 0 Å². The zero-order chi connectivity index (χ0) is 15.4. The van der Waals surface area contributed by atoms with Crippen LogP contribution in [-0.4, -0.2) is 0 Å². The molecule has 1 aromatic carbocycles. The van der Waals surface area contributed by atoms with Crippen LogP contribution in [0.4, 0.5) is 0 Å². The third-order valence-electron chi connectivity index (χ3n) is 6.08. The molecule has 0 N–H and O–H groups in total. The molecular formula is C22H33Y3-. The van der Waals surface area contributed by atoms with E-state index < -0.39 is 0 Å². The van der Waals surface area contributed by atoms with Crippen LogP contribution in [0.1, 0.15) is 80.9 Å². The predicted molar refractivity (Wildman–Crippen MR) is 95.1 cm³/mol. The van der Waals surface area contributed by atoms with Crippen molar-refractivity contribution in [1.29, 1.82) is 0 Å². The summed E-state index contributed by atoms with van der Waals surface area (Å²) in [6.07, 6.45) is 16.3. The van der Waals surface area contributed by atoms with Crippen LogP contribution in [0, 0.1) is 37.7 Å². The molecule has 0 saturated heterocycles. The third kappa shape index (κ3) is 9.72. The van der Waals surface area contributed by atoms with Gasteiger partial charge >= 0.3 is 0 Å². The average molecular weight is 564 g/mol. The zero-order valence-electron chi connectivity index (χ0n) is 16.4. The Labute approximate surface area is 231 Å². The van der Waals surface area contributed by atoms with Crippen molar-refractivity contribution in [3.8, 4) is 0 Å². The van der Waals surface area contributed by atoms with Gasteiger partial charge in [-0.15, -0.1) is 0 Å². The van der Waals surface area contributed by atoms with E-state index in [9.17, 15) is 0 Å². The summed E-state index contributed by atoms with van der Waals surface area (Å²) in [5, 5.41) is 0. The molecule has 25 heavy (non-hydrogen) atoms. The van der Waals surface area contributed by atoms with Gasteiger partial charge in [-0.1, -0.05) is 58.8 Å². The van der Waals surface area contributed by atoms with Crippen molar-refractivity contribution in [1.82, 2.24) is 0 Å². The minimum absolute atomic E-state index is 0. The van der Waals surface area contributed by atoms with Crippen LogP contribution in [0.15, 0.2) is 12.1 Å². The van der Waals surface area contributed by atoms with Crippen LogP contribution in [0.2, 0.25) is 0 Å². The molecule has 0 unspecified atom stereocenters. The first kappa shape index (κ1) is 27.5. The monoisotopic (exact) mass is 564 g/mol. The molecule has 3 heteroatoms. The van der Waals surface area contributed by atoms with Crippen molar-refractivity contribution in [3.63, 3.8) is 0 Å². The second kappa shape index (κ2) is 14.5. The van der Waals surface area contributed by atoms with Gasteiger partial charge in [0.15, 0.2) is 0 Å². The molecule has 0 atom stereocenters. The van der Waals surface area contributed by atoms with Crippen molar-refractivity contribution in [3.05, 3.63) is 34.9 Å². The van der Waals surface area contributed by atoms with Gasteiger partial charge < -0.3 is 0 Å². The summed E-state index contributed by atoms with van der Waals surface area (Å²) >= 11 is 0. The second-order valence-corrected chi connectivity index (χ2v) is 8.19. The fourth-order valence-electron chi connectivity index (χ4n) is 5.00. The van der Waals surface area contributed by atoms with Crippen molar-refractivity contribution in [2.45, 2.75) is 84.5 Å². The Hall–Kier alpha value is 2.53. The van der Waals surface area contributed by atoms with E-state index in [4.69, 9.17) is 0 Å². The largest absolute Gasteiger partial charge is 0.177 e. The molecule has 1 aromatic rings. The fraction of sp³-hybridized carbons (Fsp3) is 0.727. The average Bonchev–Trinajstić information content (AvgIpc) is 2.49. The van der Waals surface area contributed by atoms with Gasteiger partial charge in [0.2, 0.25) is 0 Å². The molecule has 3 rings (SSSR count). The molecule has 2 saturated carbocycles. The Morgan fingerprint density at radius 2 is 1.20 bits per heavy atom. The molecule has 131 valence electrons. The Morgan fingerprint density at radius 3 is 1.76 bits per heavy atom. The fourth-order valence-corrected chi connectivity index (χ4v) is 5.00. The Bertz CT molecular complexity index is 452. The van der Waals surface area contributed by atoms with Crippen molar-refractivity contribution >= 4 is 0 Å². The van der Waals surface area contributed by atoms with Gasteiger partial charge in [0, 0.05) is 98.1 Å². The van der Waals surface area contributed by atoms with E-state index in [1.54, 1.807) is 12.0 Å². The normalized spacial score (nSPS) is 23.8. The number of rotatable bonds is 4. The van der Waals surface area contributed by atoms with Gasteiger partial charge in [-0.3, -0.25) is 0 Å². The van der Waals surface area contributed by atoms with Crippen LogP contribution in [-0.2, 0) is 105 Å². The molecule has 0 bridgehead atoms. The standard InChI is InChI=1S/C22H33.3Y/c1-17-12-18(2)14-22(13-17)16-21-10-8-20(9-11-21)15-19-6-4-3-5-7-19;;;/h13-14,19-21H,3-11,15-16H2,1-2H3;;;/q-1;;;. The van der Waals surface area contributed by atoms with Gasteiger partial charge in [0.25, 0.3) is 0 Å². The van der Waals surface area contributed by atoms with Crippen molar-refractivity contribution < 1.29 is 98.1 Å². The second-order valence-electron chi connectivity index (χ2n) is 8.19. The summed E-state index contributed by atoms with van der Waals surface area (Å²) < 4.78 is 0. The van der Waals surface area contributed by atoms with Gasteiger partial charge in [0.1, 0.15) is 0 Å². The Morgan fingerprint density at radius 1 is 0.720 bits per heavy atom. The van der Waals surface area contributed by atoms with E-state index >= 15 is 0 Å². The number of aryl methyl sites for hydroxylation is 2. The van der Waals surface area contributed by atoms with E-state index in [2.05, 4.69) is 32.0 Å². The summed E-state index contributed by atoms with van der Waals surface area (Å²) in [5.41, 5.74) is 4.16. The predicted octanol–water partition coefficient (Wildman–Crippen LogP) is 6.42. The summed E-state index contributed by atoms with van der Waals surface area (Å²) in [6.45, 7) is 4.36. The van der Waals surface area contributed by atoms with E-state index in [-0.39, 0.29) is 98.1 Å². The first-order chi connectivity index (χ1) is 10.7. The molecule has 2 aliphatic rings. The number of hydrogen-bond donors (Lipinski definition) is 0. The maximum atomic E-state index is 3.40.